The Morgan fingerprint density at radius 3 is 2.66 bits per heavy atom. The number of rotatable bonds is 7. The summed E-state index contributed by atoms with van der Waals surface area (Å²) >= 11 is 0. The molecule has 9 nitrogen and oxygen atoms in total. The minimum absolute atomic E-state index is 0.131. The normalized spacial score (nSPS) is 21.2. The molecule has 1 saturated heterocycles. The van der Waals surface area contributed by atoms with Crippen LogP contribution in [0.15, 0.2) is 29.1 Å². The van der Waals surface area contributed by atoms with Crippen LogP contribution in [-0.4, -0.2) is 55.1 Å². The first-order valence-electron chi connectivity index (χ1n) is 11.1. The fourth-order valence-electron chi connectivity index (χ4n) is 4.94. The van der Waals surface area contributed by atoms with Crippen molar-refractivity contribution in [2.24, 2.45) is 5.92 Å². The monoisotopic (exact) mass is 440 g/mol. The standard InChI is InChI=1S/C23H28N4O5/c1-15-7-9-16(10-8-15)14-26-23(32)27-19(4-2-6-20(27)24-26)21(29)25-12-3-5-18(25)17(11-13-28)22(30)31/h7-10,13,17-19H,2-6,11-12,14H2,1H3,(H,30,31)/t17?,18-,19-/m0/s1. The summed E-state index contributed by atoms with van der Waals surface area (Å²) in [5.41, 5.74) is 1.76. The molecule has 0 aliphatic carbocycles. The Morgan fingerprint density at radius 2 is 1.97 bits per heavy atom. The first-order valence-corrected chi connectivity index (χ1v) is 11.1. The number of carboxylic acid groups (broad SMARTS) is 1. The van der Waals surface area contributed by atoms with Gasteiger partial charge in [0.15, 0.2) is 0 Å². The minimum Gasteiger partial charge on any atom is -0.481 e. The van der Waals surface area contributed by atoms with Gasteiger partial charge < -0.3 is 14.8 Å². The quantitative estimate of drug-likeness (QED) is 0.654. The lowest BCUT2D eigenvalue weighted by molar-refractivity contribution is -0.148. The molecule has 0 radical (unpaired) electrons. The molecule has 1 aromatic heterocycles. The molecule has 0 spiro atoms. The third-order valence-electron chi connectivity index (χ3n) is 6.58. The number of carbonyl (C=O) groups excluding carboxylic acids is 2. The summed E-state index contributed by atoms with van der Waals surface area (Å²) in [6, 6.07) is 6.65. The van der Waals surface area contributed by atoms with E-state index in [0.29, 0.717) is 50.9 Å². The second-order valence-electron chi connectivity index (χ2n) is 8.71. The first kappa shape index (κ1) is 22.0. The Kier molecular flexibility index (Phi) is 6.25. The molecule has 2 aliphatic heterocycles. The van der Waals surface area contributed by atoms with Crippen molar-refractivity contribution in [1.82, 2.24) is 19.2 Å². The van der Waals surface area contributed by atoms with Crippen LogP contribution in [0.4, 0.5) is 0 Å². The Labute approximate surface area is 185 Å². The lowest BCUT2D eigenvalue weighted by Crippen LogP contribution is -2.48. The van der Waals surface area contributed by atoms with Crippen molar-refractivity contribution in [3.8, 4) is 0 Å². The van der Waals surface area contributed by atoms with Crippen LogP contribution in [0.2, 0.25) is 0 Å². The Hall–Kier alpha value is -3.23. The summed E-state index contributed by atoms with van der Waals surface area (Å²) in [5, 5.41) is 14.1. The maximum atomic E-state index is 13.5. The van der Waals surface area contributed by atoms with Gasteiger partial charge in [0.1, 0.15) is 18.2 Å². The highest BCUT2D eigenvalue weighted by Gasteiger charge is 2.42. The molecule has 1 aromatic carbocycles. The summed E-state index contributed by atoms with van der Waals surface area (Å²) < 4.78 is 2.89. The van der Waals surface area contributed by atoms with E-state index < -0.39 is 24.0 Å². The molecule has 0 bridgehead atoms. The second kappa shape index (κ2) is 9.10. The lowest BCUT2D eigenvalue weighted by atomic mass is 9.94. The number of aromatic nitrogens is 3. The number of aliphatic carboxylic acids is 1. The average Bonchev–Trinajstić information content (AvgIpc) is 3.38. The van der Waals surface area contributed by atoms with E-state index in [9.17, 15) is 24.3 Å². The molecule has 9 heteroatoms. The number of carboxylic acids is 1. The van der Waals surface area contributed by atoms with Crippen LogP contribution >= 0.6 is 0 Å². The van der Waals surface area contributed by atoms with Gasteiger partial charge in [0.25, 0.3) is 0 Å². The van der Waals surface area contributed by atoms with E-state index in [-0.39, 0.29) is 18.0 Å². The topological polar surface area (TPSA) is 115 Å². The van der Waals surface area contributed by atoms with Gasteiger partial charge in [-0.2, -0.15) is 5.10 Å². The van der Waals surface area contributed by atoms with Gasteiger partial charge in [0.05, 0.1) is 12.5 Å². The SMILES string of the molecule is Cc1ccc(Cn2nc3n(c2=O)[C@H](C(=O)N2CCC[C@H]2C(CC=O)C(=O)O)CCC3)cc1. The number of fused-ring (bicyclic) bond motifs is 1. The molecule has 3 atom stereocenters. The van der Waals surface area contributed by atoms with E-state index in [4.69, 9.17) is 0 Å². The Morgan fingerprint density at radius 1 is 1.22 bits per heavy atom. The number of likely N-dealkylation sites (tertiary alicyclic amines) is 1. The summed E-state index contributed by atoms with van der Waals surface area (Å²) in [7, 11) is 0. The molecule has 1 unspecified atom stereocenters. The van der Waals surface area contributed by atoms with Gasteiger partial charge in [0.2, 0.25) is 5.91 Å². The van der Waals surface area contributed by atoms with E-state index in [1.807, 2.05) is 31.2 Å². The van der Waals surface area contributed by atoms with Gasteiger partial charge in [-0.25, -0.2) is 9.48 Å². The molecule has 3 heterocycles. The van der Waals surface area contributed by atoms with Crippen LogP contribution in [-0.2, 0) is 27.3 Å². The molecule has 1 fully saturated rings. The predicted molar refractivity (Wildman–Crippen MR) is 115 cm³/mol. The summed E-state index contributed by atoms with van der Waals surface area (Å²) in [6.45, 7) is 2.76. The smallest absolute Gasteiger partial charge is 0.346 e. The van der Waals surface area contributed by atoms with E-state index >= 15 is 0 Å². The summed E-state index contributed by atoms with van der Waals surface area (Å²) in [6.07, 6.45) is 3.54. The van der Waals surface area contributed by atoms with Gasteiger partial charge in [-0.1, -0.05) is 29.8 Å². The number of benzene rings is 1. The summed E-state index contributed by atoms with van der Waals surface area (Å²) in [5.74, 6) is -1.66. The van der Waals surface area contributed by atoms with Gasteiger partial charge in [0, 0.05) is 25.4 Å². The molecule has 32 heavy (non-hydrogen) atoms. The number of amides is 1. The van der Waals surface area contributed by atoms with Gasteiger partial charge in [-0.15, -0.1) is 0 Å². The zero-order valence-electron chi connectivity index (χ0n) is 18.1. The van der Waals surface area contributed by atoms with Crippen LogP contribution in [0.25, 0.3) is 0 Å². The second-order valence-corrected chi connectivity index (χ2v) is 8.71. The van der Waals surface area contributed by atoms with Crippen molar-refractivity contribution < 1.29 is 19.5 Å². The highest BCUT2D eigenvalue weighted by molar-refractivity contribution is 5.83. The number of nitrogens with zero attached hydrogens (tertiary/aromatic N) is 4. The zero-order valence-corrected chi connectivity index (χ0v) is 18.1. The van der Waals surface area contributed by atoms with Gasteiger partial charge >= 0.3 is 11.7 Å². The van der Waals surface area contributed by atoms with Crippen LogP contribution in [0.1, 0.15) is 55.1 Å². The predicted octanol–water partition coefficient (Wildman–Crippen LogP) is 1.56. The van der Waals surface area contributed by atoms with E-state index in [1.54, 1.807) is 4.90 Å². The molecule has 4 rings (SSSR count). The maximum absolute atomic E-state index is 13.5. The molecule has 0 saturated carbocycles. The molecular weight excluding hydrogens is 412 g/mol. The van der Waals surface area contributed by atoms with Crippen LogP contribution < -0.4 is 5.69 Å². The van der Waals surface area contributed by atoms with Crippen molar-refractivity contribution in [2.45, 2.75) is 64.1 Å². The van der Waals surface area contributed by atoms with Crippen LogP contribution in [0.3, 0.4) is 0 Å². The van der Waals surface area contributed by atoms with Gasteiger partial charge in [-0.3, -0.25) is 14.2 Å². The molecule has 170 valence electrons. The molecule has 2 aromatic rings. The number of hydrogen-bond donors (Lipinski definition) is 1. The highest BCUT2D eigenvalue weighted by Crippen LogP contribution is 2.31. The number of hydrogen-bond acceptors (Lipinski definition) is 5. The minimum atomic E-state index is -1.07. The van der Waals surface area contributed by atoms with E-state index in [1.165, 1.54) is 9.25 Å². The van der Waals surface area contributed by atoms with Crippen molar-refractivity contribution in [3.05, 3.63) is 51.7 Å². The molecule has 1 N–H and O–H groups in total. The number of carbonyl (C=O) groups is 3. The number of aryl methyl sites for hydroxylation is 2. The van der Waals surface area contributed by atoms with Crippen molar-refractivity contribution in [3.63, 3.8) is 0 Å². The Balaban J connectivity index is 1.61. The third-order valence-corrected chi connectivity index (χ3v) is 6.58. The lowest BCUT2D eigenvalue weighted by Gasteiger charge is -2.33. The number of aldehydes is 1. The largest absolute Gasteiger partial charge is 0.481 e. The van der Waals surface area contributed by atoms with Gasteiger partial charge in [-0.05, 0) is 38.2 Å². The van der Waals surface area contributed by atoms with E-state index in [0.717, 1.165) is 17.5 Å². The van der Waals surface area contributed by atoms with Crippen molar-refractivity contribution >= 4 is 18.2 Å². The molecule has 2 aliphatic rings. The van der Waals surface area contributed by atoms with E-state index in [2.05, 4.69) is 5.10 Å². The van der Waals surface area contributed by atoms with Crippen molar-refractivity contribution in [1.29, 1.82) is 0 Å². The molecular formula is C23H28N4O5. The molecule has 1 amide bonds. The van der Waals surface area contributed by atoms with Crippen LogP contribution in [0.5, 0.6) is 0 Å². The highest BCUT2D eigenvalue weighted by atomic mass is 16.4. The fourth-order valence-corrected chi connectivity index (χ4v) is 4.94. The van der Waals surface area contributed by atoms with Crippen molar-refractivity contribution in [2.75, 3.05) is 6.54 Å². The Bertz CT molecular complexity index is 1070. The fraction of sp³-hybridized carbons (Fsp3) is 0.522. The van der Waals surface area contributed by atoms with Crippen LogP contribution in [0, 0.1) is 12.8 Å². The maximum Gasteiger partial charge on any atom is 0.346 e. The zero-order chi connectivity index (χ0) is 22.8. The third kappa shape index (κ3) is 4.11. The summed E-state index contributed by atoms with van der Waals surface area (Å²) in [4.78, 5) is 51.0. The first-order chi connectivity index (χ1) is 15.4. The average molecular weight is 441 g/mol.